The van der Waals surface area contributed by atoms with Crippen molar-refractivity contribution in [1.29, 1.82) is 0 Å². The van der Waals surface area contributed by atoms with Gasteiger partial charge in [-0.3, -0.25) is 5.32 Å². The van der Waals surface area contributed by atoms with Crippen molar-refractivity contribution in [3.05, 3.63) is 36.7 Å². The van der Waals surface area contributed by atoms with Gasteiger partial charge in [-0.15, -0.1) is 0 Å². The van der Waals surface area contributed by atoms with E-state index >= 15 is 0 Å². The fourth-order valence-corrected chi connectivity index (χ4v) is 4.19. The van der Waals surface area contributed by atoms with Crippen LogP contribution in [-0.4, -0.2) is 56.9 Å². The molecule has 2 N–H and O–H groups in total. The standard InChI is InChI=1S/C21H24N6O4/c1-11-15-16(31-21(2,3)30-15)19(29-11)27-18-13(14(26-27)12-8-6-5-7-9-12)17(23-10-24-18)25-20(28)22-4/h5-11,15-16,19H,1-4H3,(H2,22,23,24,25,28)/t11-,15-,16-,19-/m1/s1. The normalized spacial score (nSPS) is 26.7. The maximum Gasteiger partial charge on any atom is 0.320 e. The molecule has 2 amide bonds. The number of hydrogen-bond acceptors (Lipinski definition) is 7. The highest BCUT2D eigenvalue weighted by Gasteiger charge is 2.55. The molecule has 2 fully saturated rings. The number of amides is 2. The van der Waals surface area contributed by atoms with E-state index in [0.717, 1.165) is 5.56 Å². The van der Waals surface area contributed by atoms with Crippen LogP contribution in [-0.2, 0) is 14.2 Å². The first-order chi connectivity index (χ1) is 14.9. The second-order valence-corrected chi connectivity index (χ2v) is 8.08. The summed E-state index contributed by atoms with van der Waals surface area (Å²) in [6.45, 7) is 5.73. The molecule has 3 aromatic rings. The molecule has 0 bridgehead atoms. The second kappa shape index (κ2) is 7.26. The summed E-state index contributed by atoms with van der Waals surface area (Å²) in [7, 11) is 1.54. The van der Waals surface area contributed by atoms with E-state index in [1.807, 2.05) is 51.1 Å². The van der Waals surface area contributed by atoms with Gasteiger partial charge in [0.05, 0.1) is 11.5 Å². The number of hydrogen-bond donors (Lipinski definition) is 2. The van der Waals surface area contributed by atoms with E-state index in [4.69, 9.17) is 19.3 Å². The summed E-state index contributed by atoms with van der Waals surface area (Å²) in [5, 5.41) is 10.8. The van der Waals surface area contributed by atoms with Crippen molar-refractivity contribution >= 4 is 22.9 Å². The molecule has 10 nitrogen and oxygen atoms in total. The molecule has 5 rings (SSSR count). The first-order valence-electron chi connectivity index (χ1n) is 10.2. The zero-order valence-corrected chi connectivity index (χ0v) is 17.7. The van der Waals surface area contributed by atoms with E-state index in [2.05, 4.69) is 20.6 Å². The van der Waals surface area contributed by atoms with E-state index in [0.29, 0.717) is 22.5 Å². The Bertz CT molecular complexity index is 1130. The number of urea groups is 1. The number of nitrogens with zero attached hydrogens (tertiary/aromatic N) is 4. The van der Waals surface area contributed by atoms with Gasteiger partial charge in [-0.2, -0.15) is 5.10 Å². The third-order valence-electron chi connectivity index (χ3n) is 5.50. The Balaban J connectivity index is 1.68. The summed E-state index contributed by atoms with van der Waals surface area (Å²) >= 11 is 0. The van der Waals surface area contributed by atoms with Crippen molar-refractivity contribution in [3.63, 3.8) is 0 Å². The predicted molar refractivity (Wildman–Crippen MR) is 112 cm³/mol. The third kappa shape index (κ3) is 3.32. The fourth-order valence-electron chi connectivity index (χ4n) is 4.19. The van der Waals surface area contributed by atoms with E-state index in [-0.39, 0.29) is 24.3 Å². The van der Waals surface area contributed by atoms with Crippen molar-refractivity contribution in [3.8, 4) is 11.3 Å². The number of benzene rings is 1. The Hall–Kier alpha value is -3.08. The Kier molecular flexibility index (Phi) is 4.65. The van der Waals surface area contributed by atoms with E-state index in [9.17, 15) is 4.79 Å². The Morgan fingerprint density at radius 3 is 2.61 bits per heavy atom. The van der Waals surface area contributed by atoms with Crippen LogP contribution in [0.5, 0.6) is 0 Å². The molecule has 2 aromatic heterocycles. The summed E-state index contributed by atoms with van der Waals surface area (Å²) < 4.78 is 20.1. The highest BCUT2D eigenvalue weighted by Crippen LogP contribution is 2.44. The van der Waals surface area contributed by atoms with Crippen molar-refractivity contribution < 1.29 is 19.0 Å². The quantitative estimate of drug-likeness (QED) is 0.665. The van der Waals surface area contributed by atoms with Crippen molar-refractivity contribution in [2.45, 2.75) is 51.1 Å². The smallest absolute Gasteiger partial charge is 0.320 e. The van der Waals surface area contributed by atoms with Gasteiger partial charge in [0.15, 0.2) is 17.7 Å². The van der Waals surface area contributed by atoms with Gasteiger partial charge in [-0.25, -0.2) is 19.4 Å². The summed E-state index contributed by atoms with van der Waals surface area (Å²) in [5.74, 6) is -0.349. The minimum Gasteiger partial charge on any atom is -0.348 e. The van der Waals surface area contributed by atoms with Gasteiger partial charge in [0.25, 0.3) is 0 Å². The molecular weight excluding hydrogens is 400 g/mol. The number of rotatable bonds is 3. The molecule has 0 saturated carbocycles. The van der Waals surface area contributed by atoms with Gasteiger partial charge in [0.1, 0.15) is 30.0 Å². The molecule has 2 saturated heterocycles. The van der Waals surface area contributed by atoms with Crippen LogP contribution in [0.25, 0.3) is 22.3 Å². The molecule has 4 heterocycles. The maximum absolute atomic E-state index is 12.0. The molecule has 0 spiro atoms. The van der Waals surface area contributed by atoms with Gasteiger partial charge >= 0.3 is 6.03 Å². The predicted octanol–water partition coefficient (Wildman–Crippen LogP) is 2.68. The lowest BCUT2D eigenvalue weighted by atomic mass is 10.1. The first kappa shape index (κ1) is 19.9. The Labute approximate surface area is 178 Å². The number of anilines is 1. The summed E-state index contributed by atoms with van der Waals surface area (Å²) in [6, 6.07) is 9.30. The molecule has 10 heteroatoms. The van der Waals surface area contributed by atoms with Crippen molar-refractivity contribution in [2.75, 3.05) is 12.4 Å². The Morgan fingerprint density at radius 1 is 1.13 bits per heavy atom. The van der Waals surface area contributed by atoms with Crippen molar-refractivity contribution in [2.24, 2.45) is 0 Å². The van der Waals surface area contributed by atoms with Gasteiger partial charge in [0.2, 0.25) is 0 Å². The highest BCUT2D eigenvalue weighted by atomic mass is 16.8. The molecule has 162 valence electrons. The zero-order chi connectivity index (χ0) is 21.8. The van der Waals surface area contributed by atoms with Gasteiger partial charge in [-0.1, -0.05) is 30.3 Å². The number of carbonyl (C=O) groups excluding carboxylic acids is 1. The van der Waals surface area contributed by atoms with Gasteiger partial charge in [0, 0.05) is 12.6 Å². The molecule has 0 radical (unpaired) electrons. The number of fused-ring (bicyclic) bond motifs is 2. The molecule has 2 aliphatic rings. The first-order valence-corrected chi connectivity index (χ1v) is 10.2. The molecule has 31 heavy (non-hydrogen) atoms. The van der Waals surface area contributed by atoms with Crippen LogP contribution in [0.15, 0.2) is 36.7 Å². The van der Waals surface area contributed by atoms with Crippen LogP contribution < -0.4 is 10.6 Å². The number of nitrogens with one attached hydrogen (secondary N) is 2. The maximum atomic E-state index is 12.0. The largest absolute Gasteiger partial charge is 0.348 e. The fraction of sp³-hybridized carbons (Fsp3) is 0.429. The monoisotopic (exact) mass is 424 g/mol. The van der Waals surface area contributed by atoms with Gasteiger partial charge in [-0.05, 0) is 20.8 Å². The van der Waals surface area contributed by atoms with Crippen LogP contribution in [0.4, 0.5) is 10.6 Å². The zero-order valence-electron chi connectivity index (χ0n) is 17.7. The summed E-state index contributed by atoms with van der Waals surface area (Å²) in [4.78, 5) is 20.8. The van der Waals surface area contributed by atoms with E-state index in [1.165, 1.54) is 6.33 Å². The SMILES string of the molecule is CNC(=O)Nc1ncnc2c1c(-c1ccccc1)nn2[C@@H]1O[C@H](C)[C@H]2OC(C)(C)O[C@H]21. The summed E-state index contributed by atoms with van der Waals surface area (Å²) in [6.07, 6.45) is 0.115. The van der Waals surface area contributed by atoms with Crippen LogP contribution in [0, 0.1) is 0 Å². The lowest BCUT2D eigenvalue weighted by molar-refractivity contribution is -0.195. The third-order valence-corrected chi connectivity index (χ3v) is 5.50. The summed E-state index contributed by atoms with van der Waals surface area (Å²) in [5.41, 5.74) is 2.04. The Morgan fingerprint density at radius 2 is 1.87 bits per heavy atom. The van der Waals surface area contributed by atoms with Crippen LogP contribution >= 0.6 is 0 Å². The molecule has 2 aliphatic heterocycles. The minimum absolute atomic E-state index is 0.179. The highest BCUT2D eigenvalue weighted by molar-refractivity contribution is 6.04. The number of carbonyl (C=O) groups is 1. The molecule has 1 aromatic carbocycles. The number of aromatic nitrogens is 4. The average Bonchev–Trinajstić information content (AvgIpc) is 3.39. The minimum atomic E-state index is -0.711. The van der Waals surface area contributed by atoms with E-state index in [1.54, 1.807) is 11.7 Å². The molecule has 0 aliphatic carbocycles. The molecule has 0 unspecified atom stereocenters. The molecule has 4 atom stereocenters. The van der Waals surface area contributed by atoms with Crippen LogP contribution in [0.3, 0.4) is 0 Å². The second-order valence-electron chi connectivity index (χ2n) is 8.08. The lowest BCUT2D eigenvalue weighted by Gasteiger charge is -2.23. The van der Waals surface area contributed by atoms with E-state index < -0.39 is 12.0 Å². The topological polar surface area (TPSA) is 112 Å². The number of ether oxygens (including phenoxy) is 3. The lowest BCUT2D eigenvalue weighted by Crippen LogP contribution is -2.28. The average molecular weight is 424 g/mol. The van der Waals surface area contributed by atoms with Crippen LogP contribution in [0.1, 0.15) is 27.0 Å². The van der Waals surface area contributed by atoms with Crippen molar-refractivity contribution in [1.82, 2.24) is 25.1 Å². The van der Waals surface area contributed by atoms with Crippen LogP contribution in [0.2, 0.25) is 0 Å². The van der Waals surface area contributed by atoms with Gasteiger partial charge < -0.3 is 19.5 Å². The molecular formula is C21H24N6O4.